The van der Waals surface area contributed by atoms with Crippen LogP contribution in [0.2, 0.25) is 0 Å². The molecule has 0 atom stereocenters. The lowest BCUT2D eigenvalue weighted by Crippen LogP contribution is -2.10. The fourth-order valence-corrected chi connectivity index (χ4v) is 9.70. The number of hydrogen-bond donors (Lipinski definition) is 0. The molecular weight excluding hydrogens is 799 g/mol. The molecule has 0 aliphatic rings. The monoisotopic (exact) mass is 841 g/mol. The molecule has 12 aromatic rings. The molecule has 1 aromatic heterocycles. The topological polar surface area (TPSA) is 16.4 Å². The van der Waals surface area contributed by atoms with Gasteiger partial charge in [-0.25, -0.2) is 0 Å². The first-order chi connectivity index (χ1) is 32.7. The Hall–Kier alpha value is -8.72. The van der Waals surface area contributed by atoms with Crippen molar-refractivity contribution in [3.63, 3.8) is 0 Å². The highest BCUT2D eigenvalue weighted by Gasteiger charge is 2.19. The number of fused-ring (bicyclic) bond motifs is 4. The molecule has 0 aliphatic heterocycles. The molecule has 0 saturated carbocycles. The van der Waals surface area contributed by atoms with Crippen LogP contribution in [-0.2, 0) is 0 Å². The Morgan fingerprint density at radius 1 is 0.258 bits per heavy atom. The lowest BCUT2D eigenvalue weighted by Gasteiger charge is -2.28. The molecule has 0 spiro atoms. The molecule has 0 saturated heterocycles. The molecule has 2 heteroatoms. The third kappa shape index (κ3) is 7.12. The predicted molar refractivity (Wildman–Crippen MR) is 279 cm³/mol. The fourth-order valence-electron chi connectivity index (χ4n) is 9.70. The van der Waals surface area contributed by atoms with Crippen LogP contribution in [-0.4, -0.2) is 0 Å². The Balaban J connectivity index is 0.921. The summed E-state index contributed by atoms with van der Waals surface area (Å²) in [4.78, 5) is 2.41. The minimum Gasteiger partial charge on any atom is -0.456 e. The lowest BCUT2D eigenvalue weighted by atomic mass is 9.89. The van der Waals surface area contributed by atoms with Gasteiger partial charge in [0.15, 0.2) is 0 Å². The van der Waals surface area contributed by atoms with Gasteiger partial charge in [0.05, 0.1) is 5.69 Å². The Morgan fingerprint density at radius 2 is 0.667 bits per heavy atom. The van der Waals surface area contributed by atoms with Gasteiger partial charge in [-0.3, -0.25) is 0 Å². The van der Waals surface area contributed by atoms with Crippen LogP contribution in [0.5, 0.6) is 0 Å². The second-order valence-electron chi connectivity index (χ2n) is 16.8. The second-order valence-corrected chi connectivity index (χ2v) is 16.8. The Bertz CT molecular complexity index is 3640. The highest BCUT2D eigenvalue weighted by atomic mass is 16.3. The zero-order chi connectivity index (χ0) is 43.8. The second kappa shape index (κ2) is 16.8. The standard InChI is InChI=1S/C64H43NO/c1-2-16-46(17-3-1)53-20-7-10-24-57(53)58-25-11-8-21-54(58)48-36-40-52(41-37-48)65(62-42-49-18-4-6-23-56(49)59-26-12-13-27-60(59)62)51-38-34-45(35-39-51)44-30-32-47(33-31-44)55-22-9-14-28-61(55)64-43-50-19-5-15-29-63(50)66-64/h1-43H. The molecule has 66 heavy (non-hydrogen) atoms. The molecule has 0 radical (unpaired) electrons. The van der Waals surface area contributed by atoms with Crippen molar-refractivity contribution >= 4 is 49.6 Å². The van der Waals surface area contributed by atoms with E-state index in [-0.39, 0.29) is 0 Å². The van der Waals surface area contributed by atoms with Crippen molar-refractivity contribution in [3.8, 4) is 67.0 Å². The maximum Gasteiger partial charge on any atom is 0.136 e. The number of para-hydroxylation sites is 1. The number of hydrogen-bond acceptors (Lipinski definition) is 2. The predicted octanol–water partition coefficient (Wildman–Crippen LogP) is 18.2. The largest absolute Gasteiger partial charge is 0.456 e. The summed E-state index contributed by atoms with van der Waals surface area (Å²) in [6, 6.07) is 93.8. The van der Waals surface area contributed by atoms with Gasteiger partial charge in [-0.1, -0.05) is 218 Å². The zero-order valence-electron chi connectivity index (χ0n) is 36.2. The van der Waals surface area contributed by atoms with E-state index in [1.807, 2.05) is 18.2 Å². The molecule has 310 valence electrons. The summed E-state index contributed by atoms with van der Waals surface area (Å²) in [5.74, 6) is 0.874. The first-order valence-electron chi connectivity index (χ1n) is 22.6. The SMILES string of the molecule is c1ccc(-c2ccccc2-c2ccccc2-c2ccc(N(c3ccc(-c4ccc(-c5ccccc5-c5cc6ccccc6o5)cc4)cc3)c3cc4ccccc4c4ccccc34)cc2)cc1. The minimum atomic E-state index is 0.874. The number of nitrogens with zero attached hydrogens (tertiary/aromatic N) is 1. The summed E-state index contributed by atoms with van der Waals surface area (Å²) in [6.45, 7) is 0. The molecule has 0 unspecified atom stereocenters. The quantitative estimate of drug-likeness (QED) is 0.135. The van der Waals surface area contributed by atoms with Gasteiger partial charge in [0.2, 0.25) is 0 Å². The summed E-state index contributed by atoms with van der Waals surface area (Å²) >= 11 is 0. The molecule has 0 bridgehead atoms. The van der Waals surface area contributed by atoms with E-state index in [0.29, 0.717) is 0 Å². The van der Waals surface area contributed by atoms with Gasteiger partial charge in [-0.15, -0.1) is 0 Å². The van der Waals surface area contributed by atoms with E-state index in [0.717, 1.165) is 61.6 Å². The maximum absolute atomic E-state index is 6.31. The molecule has 0 aliphatic carbocycles. The average Bonchev–Trinajstić information content (AvgIpc) is 3.84. The Kier molecular flexibility index (Phi) is 9.89. The summed E-state index contributed by atoms with van der Waals surface area (Å²) in [5.41, 5.74) is 17.1. The molecule has 0 fully saturated rings. The van der Waals surface area contributed by atoms with Crippen molar-refractivity contribution in [2.45, 2.75) is 0 Å². The van der Waals surface area contributed by atoms with Gasteiger partial charge in [-0.2, -0.15) is 0 Å². The van der Waals surface area contributed by atoms with Crippen LogP contribution in [0.25, 0.3) is 99.5 Å². The van der Waals surface area contributed by atoms with Gasteiger partial charge in [0.1, 0.15) is 11.3 Å². The van der Waals surface area contributed by atoms with Crippen molar-refractivity contribution in [1.82, 2.24) is 0 Å². The highest BCUT2D eigenvalue weighted by molar-refractivity contribution is 6.14. The van der Waals surface area contributed by atoms with E-state index in [1.165, 1.54) is 54.9 Å². The lowest BCUT2D eigenvalue weighted by molar-refractivity contribution is 0.632. The van der Waals surface area contributed by atoms with Crippen LogP contribution < -0.4 is 4.90 Å². The molecule has 12 rings (SSSR count). The van der Waals surface area contributed by atoms with E-state index in [1.54, 1.807) is 0 Å². The van der Waals surface area contributed by atoms with Crippen LogP contribution in [0.3, 0.4) is 0 Å². The van der Waals surface area contributed by atoms with Crippen molar-refractivity contribution in [3.05, 3.63) is 261 Å². The Morgan fingerprint density at radius 3 is 1.27 bits per heavy atom. The fraction of sp³-hybridized carbons (Fsp3) is 0. The number of rotatable bonds is 9. The van der Waals surface area contributed by atoms with Gasteiger partial charge in [0, 0.05) is 27.7 Å². The van der Waals surface area contributed by atoms with Gasteiger partial charge < -0.3 is 9.32 Å². The molecule has 2 nitrogen and oxygen atoms in total. The van der Waals surface area contributed by atoms with Crippen molar-refractivity contribution in [2.75, 3.05) is 4.90 Å². The van der Waals surface area contributed by atoms with E-state index in [4.69, 9.17) is 4.42 Å². The van der Waals surface area contributed by atoms with E-state index in [9.17, 15) is 0 Å². The maximum atomic E-state index is 6.31. The van der Waals surface area contributed by atoms with E-state index in [2.05, 4.69) is 248 Å². The Labute approximate surface area is 384 Å². The number of anilines is 3. The van der Waals surface area contributed by atoms with E-state index >= 15 is 0 Å². The molecule has 0 amide bonds. The molecule has 1 heterocycles. The van der Waals surface area contributed by atoms with Crippen molar-refractivity contribution in [1.29, 1.82) is 0 Å². The van der Waals surface area contributed by atoms with Gasteiger partial charge in [-0.05, 0) is 114 Å². The summed E-state index contributed by atoms with van der Waals surface area (Å²) in [5, 5.41) is 5.99. The summed E-state index contributed by atoms with van der Waals surface area (Å²) < 4.78 is 6.31. The number of benzene rings is 11. The third-order valence-corrected chi connectivity index (χ3v) is 12.9. The van der Waals surface area contributed by atoms with Crippen LogP contribution in [0.15, 0.2) is 265 Å². The van der Waals surface area contributed by atoms with Crippen LogP contribution in [0.1, 0.15) is 0 Å². The third-order valence-electron chi connectivity index (χ3n) is 12.9. The highest BCUT2D eigenvalue weighted by Crippen LogP contribution is 2.44. The number of furan rings is 1. The first-order valence-corrected chi connectivity index (χ1v) is 22.6. The zero-order valence-corrected chi connectivity index (χ0v) is 36.2. The normalized spacial score (nSPS) is 11.3. The van der Waals surface area contributed by atoms with Crippen LogP contribution >= 0.6 is 0 Å². The van der Waals surface area contributed by atoms with E-state index < -0.39 is 0 Å². The van der Waals surface area contributed by atoms with Crippen LogP contribution in [0, 0.1) is 0 Å². The molecule has 0 N–H and O–H groups in total. The average molecular weight is 842 g/mol. The molecular formula is C64H43NO. The van der Waals surface area contributed by atoms with Crippen LogP contribution in [0.4, 0.5) is 17.1 Å². The minimum absolute atomic E-state index is 0.874. The summed E-state index contributed by atoms with van der Waals surface area (Å²) in [6.07, 6.45) is 0. The van der Waals surface area contributed by atoms with Crippen molar-refractivity contribution < 1.29 is 4.42 Å². The van der Waals surface area contributed by atoms with Gasteiger partial charge >= 0.3 is 0 Å². The molecule has 11 aromatic carbocycles. The van der Waals surface area contributed by atoms with Gasteiger partial charge in [0.25, 0.3) is 0 Å². The first kappa shape index (κ1) is 38.9. The van der Waals surface area contributed by atoms with Crippen molar-refractivity contribution in [2.24, 2.45) is 0 Å². The smallest absolute Gasteiger partial charge is 0.136 e. The summed E-state index contributed by atoms with van der Waals surface area (Å²) in [7, 11) is 0.